The molecule has 0 aliphatic heterocycles. The molecular weight excluding hydrogens is 395 g/mol. The minimum atomic E-state index is -4.38. The second-order valence-electron chi connectivity index (χ2n) is 6.07. The number of nitrogens with one attached hydrogen (secondary N) is 1. The highest BCUT2D eigenvalue weighted by molar-refractivity contribution is 7.90. The molecule has 0 atom stereocenters. The number of halogens is 3. The summed E-state index contributed by atoms with van der Waals surface area (Å²) < 4.78 is 68.6. The van der Waals surface area contributed by atoms with Crippen molar-refractivity contribution in [1.82, 2.24) is 14.5 Å². The zero-order valence-corrected chi connectivity index (χ0v) is 15.5. The second-order valence-corrected chi connectivity index (χ2v) is 7.76. The lowest BCUT2D eigenvalue weighted by Crippen LogP contribution is -2.31. The molecule has 1 aromatic heterocycles. The topological polar surface area (TPSA) is 81.1 Å². The normalized spacial score (nSPS) is 11.5. The molecule has 3 rings (SSSR count). The number of carbonyl (C=O) groups excluding carboxylic acids is 1. The van der Waals surface area contributed by atoms with Crippen LogP contribution in [0.4, 0.5) is 13.2 Å². The summed E-state index contributed by atoms with van der Waals surface area (Å²) >= 11 is 0. The zero-order valence-electron chi connectivity index (χ0n) is 14.7. The second kappa shape index (κ2) is 7.12. The Hall–Kier alpha value is -3.14. The average Bonchev–Trinajstić information content (AvgIpc) is 2.95. The third kappa shape index (κ3) is 3.77. The van der Waals surface area contributed by atoms with Crippen LogP contribution in [0.15, 0.2) is 47.5 Å². The molecule has 28 heavy (non-hydrogen) atoms. The monoisotopic (exact) mass is 409 g/mol. The van der Waals surface area contributed by atoms with Gasteiger partial charge in [-0.2, -0.15) is 5.10 Å². The first kappa shape index (κ1) is 19.6. The first-order chi connectivity index (χ1) is 13.1. The summed E-state index contributed by atoms with van der Waals surface area (Å²) in [7, 11) is -4.38. The number of para-hydroxylation sites is 1. The van der Waals surface area contributed by atoms with E-state index < -0.39 is 44.0 Å². The lowest BCUT2D eigenvalue weighted by Gasteiger charge is -2.07. The smallest absolute Gasteiger partial charge is 0.266 e. The predicted octanol–water partition coefficient (Wildman–Crippen LogP) is 3.03. The summed E-state index contributed by atoms with van der Waals surface area (Å²) in [6.07, 6.45) is 1.19. The van der Waals surface area contributed by atoms with E-state index in [0.717, 1.165) is 28.9 Å². The Morgan fingerprint density at radius 3 is 2.32 bits per heavy atom. The van der Waals surface area contributed by atoms with Crippen LogP contribution >= 0.6 is 0 Å². The van der Waals surface area contributed by atoms with Crippen LogP contribution in [0.2, 0.25) is 0 Å². The van der Waals surface area contributed by atoms with E-state index in [1.165, 1.54) is 32.2 Å². The van der Waals surface area contributed by atoms with Gasteiger partial charge in [0.1, 0.15) is 11.5 Å². The van der Waals surface area contributed by atoms with Crippen molar-refractivity contribution < 1.29 is 26.4 Å². The molecule has 0 radical (unpaired) electrons. The molecule has 2 aromatic carbocycles. The van der Waals surface area contributed by atoms with Crippen LogP contribution < -0.4 is 4.72 Å². The molecule has 0 bridgehead atoms. The van der Waals surface area contributed by atoms with Crippen molar-refractivity contribution in [3.8, 4) is 5.69 Å². The Labute approximate surface area is 158 Å². The van der Waals surface area contributed by atoms with Crippen molar-refractivity contribution in [2.45, 2.75) is 18.7 Å². The van der Waals surface area contributed by atoms with E-state index in [9.17, 15) is 26.4 Å². The van der Waals surface area contributed by atoms with E-state index in [2.05, 4.69) is 5.10 Å². The molecule has 3 aromatic rings. The lowest BCUT2D eigenvalue weighted by molar-refractivity contribution is 0.0975. The van der Waals surface area contributed by atoms with E-state index in [1.807, 2.05) is 0 Å². The molecule has 0 aliphatic carbocycles. The van der Waals surface area contributed by atoms with Crippen LogP contribution in [0.1, 0.15) is 21.6 Å². The molecule has 1 amide bonds. The molecule has 0 unspecified atom stereocenters. The molecule has 10 heteroatoms. The van der Waals surface area contributed by atoms with Crippen molar-refractivity contribution in [2.75, 3.05) is 0 Å². The molecule has 0 spiro atoms. The highest BCUT2D eigenvalue weighted by Gasteiger charge is 2.24. The quantitative estimate of drug-likeness (QED) is 0.718. The van der Waals surface area contributed by atoms with Crippen LogP contribution in [0.3, 0.4) is 0 Å². The van der Waals surface area contributed by atoms with Gasteiger partial charge in [0.05, 0.1) is 4.90 Å². The van der Waals surface area contributed by atoms with E-state index >= 15 is 0 Å². The molecule has 0 saturated carbocycles. The maximum absolute atomic E-state index is 13.9. The molecular formula is C18H14F3N3O3S. The number of aromatic nitrogens is 2. The van der Waals surface area contributed by atoms with Gasteiger partial charge in [-0.1, -0.05) is 6.07 Å². The van der Waals surface area contributed by atoms with Crippen LogP contribution in [-0.4, -0.2) is 24.1 Å². The van der Waals surface area contributed by atoms with Crippen LogP contribution in [-0.2, 0) is 10.0 Å². The minimum absolute atomic E-state index is 0.186. The fourth-order valence-corrected chi connectivity index (χ4v) is 3.66. The maximum atomic E-state index is 13.9. The van der Waals surface area contributed by atoms with Gasteiger partial charge in [-0.25, -0.2) is 31.0 Å². The highest BCUT2D eigenvalue weighted by atomic mass is 32.2. The van der Waals surface area contributed by atoms with Crippen molar-refractivity contribution in [3.63, 3.8) is 0 Å². The Balaban J connectivity index is 1.95. The molecule has 0 fully saturated rings. The number of hydrogen-bond donors (Lipinski definition) is 1. The number of benzene rings is 2. The van der Waals surface area contributed by atoms with Crippen molar-refractivity contribution in [3.05, 3.63) is 76.9 Å². The summed E-state index contributed by atoms with van der Waals surface area (Å²) in [5.74, 6) is -3.70. The summed E-state index contributed by atoms with van der Waals surface area (Å²) in [5.41, 5.74) is -0.318. The largest absolute Gasteiger partial charge is 0.285 e. The fourth-order valence-electron chi connectivity index (χ4n) is 2.59. The van der Waals surface area contributed by atoms with Crippen molar-refractivity contribution in [2.24, 2.45) is 0 Å². The average molecular weight is 409 g/mol. The number of nitrogens with zero attached hydrogens (tertiary/aromatic N) is 2. The standard InChI is InChI=1S/C18H14F3N3O3S/c1-10-6-12(19)8-13(7-10)28(26,27)23-18(25)16-11(2)9-24(22-16)17-14(20)4-3-5-15(17)21/h3-9H,1-2H3,(H,23,25). The first-order valence-corrected chi connectivity index (χ1v) is 9.42. The molecule has 0 aliphatic rings. The van der Waals surface area contributed by atoms with Gasteiger partial charge < -0.3 is 0 Å². The first-order valence-electron chi connectivity index (χ1n) is 7.93. The molecule has 146 valence electrons. The Kier molecular flexibility index (Phi) is 4.99. The van der Waals surface area contributed by atoms with E-state index in [4.69, 9.17) is 0 Å². The predicted molar refractivity (Wildman–Crippen MR) is 94.0 cm³/mol. The number of rotatable bonds is 4. The number of aryl methyl sites for hydroxylation is 2. The summed E-state index contributed by atoms with van der Waals surface area (Å²) in [6.45, 7) is 2.93. The SMILES string of the molecule is Cc1cc(F)cc(S(=O)(=O)NC(=O)c2nn(-c3c(F)cccc3F)cc2C)c1. The van der Waals surface area contributed by atoms with Crippen molar-refractivity contribution in [1.29, 1.82) is 0 Å². The van der Waals surface area contributed by atoms with Gasteiger partial charge in [-0.15, -0.1) is 0 Å². The number of hydrogen-bond acceptors (Lipinski definition) is 4. The third-order valence-electron chi connectivity index (χ3n) is 3.83. The molecule has 1 N–H and O–H groups in total. The number of carbonyl (C=O) groups is 1. The summed E-state index contributed by atoms with van der Waals surface area (Å²) in [6, 6.07) is 6.31. The third-order valence-corrected chi connectivity index (χ3v) is 5.14. The Bertz CT molecular complexity index is 1150. The van der Waals surface area contributed by atoms with Crippen LogP contribution in [0.25, 0.3) is 5.69 Å². The summed E-state index contributed by atoms with van der Waals surface area (Å²) in [5, 5.41) is 3.80. The van der Waals surface area contributed by atoms with Crippen molar-refractivity contribution >= 4 is 15.9 Å². The molecule has 6 nitrogen and oxygen atoms in total. The molecule has 1 heterocycles. The molecule has 0 saturated heterocycles. The van der Waals surface area contributed by atoms with E-state index in [1.54, 1.807) is 4.72 Å². The number of amides is 1. The minimum Gasteiger partial charge on any atom is -0.266 e. The maximum Gasteiger partial charge on any atom is 0.285 e. The van der Waals surface area contributed by atoms with Gasteiger partial charge in [0.25, 0.3) is 15.9 Å². The van der Waals surface area contributed by atoms with Crippen LogP contribution in [0, 0.1) is 31.3 Å². The van der Waals surface area contributed by atoms with Gasteiger partial charge in [0, 0.05) is 11.8 Å². The fraction of sp³-hybridized carbons (Fsp3) is 0.111. The highest BCUT2D eigenvalue weighted by Crippen LogP contribution is 2.19. The van der Waals surface area contributed by atoms with Gasteiger partial charge in [0.2, 0.25) is 0 Å². The van der Waals surface area contributed by atoms with Gasteiger partial charge in [-0.05, 0) is 49.7 Å². The van der Waals surface area contributed by atoms with E-state index in [0.29, 0.717) is 5.56 Å². The number of sulfonamides is 1. The Morgan fingerprint density at radius 1 is 1.07 bits per heavy atom. The van der Waals surface area contributed by atoms with Gasteiger partial charge >= 0.3 is 0 Å². The lowest BCUT2D eigenvalue weighted by atomic mass is 10.2. The summed E-state index contributed by atoms with van der Waals surface area (Å²) in [4.78, 5) is 12.0. The zero-order chi connectivity index (χ0) is 20.6. The van der Waals surface area contributed by atoms with Crippen LogP contribution in [0.5, 0.6) is 0 Å². The van der Waals surface area contributed by atoms with Gasteiger partial charge in [0.15, 0.2) is 17.3 Å². The van der Waals surface area contributed by atoms with Gasteiger partial charge in [-0.3, -0.25) is 4.79 Å². The Morgan fingerprint density at radius 2 is 1.71 bits per heavy atom. The van der Waals surface area contributed by atoms with E-state index in [-0.39, 0.29) is 11.3 Å².